The normalized spacial score (nSPS) is 6.44. The Morgan fingerprint density at radius 3 is 0.889 bits per heavy atom. The van der Waals surface area contributed by atoms with Crippen molar-refractivity contribution in [2.45, 2.75) is 0 Å². The van der Waals surface area contributed by atoms with Gasteiger partial charge in [0, 0.05) is 10.4 Å². The molecule has 0 heterocycles. The van der Waals surface area contributed by atoms with Crippen molar-refractivity contribution in [3.63, 3.8) is 0 Å². The van der Waals surface area contributed by atoms with Crippen LogP contribution in [-0.2, 0) is 64.8 Å². The van der Waals surface area contributed by atoms with Gasteiger partial charge in [-0.2, -0.15) is 0 Å². The molecule has 0 unspecified atom stereocenters. The summed E-state index contributed by atoms with van der Waals surface area (Å²) in [6.07, 6.45) is 0. The predicted octanol–water partition coefficient (Wildman–Crippen LogP) is -1.58. The number of hydrogen-bond acceptors (Lipinski definition) is 4. The van der Waals surface area contributed by atoms with E-state index >= 15 is 0 Å². The predicted molar refractivity (Wildman–Crippen MR) is 11.8 cm³/mol. The minimum Gasteiger partial charge on any atom is -2.00 e. The largest absolute Gasteiger partial charge is 4.00 e. The second kappa shape index (κ2) is 11.9. The van der Waals surface area contributed by atoms with Crippen LogP contribution in [0.5, 0.6) is 0 Å². The smallest absolute Gasteiger partial charge is 2.00 e. The van der Waals surface area contributed by atoms with E-state index in [9.17, 15) is 0 Å². The third-order valence-corrected chi connectivity index (χ3v) is 0. The molecule has 0 aliphatic rings. The van der Waals surface area contributed by atoms with Crippen molar-refractivity contribution in [3.8, 4) is 0 Å². The molecule has 0 fully saturated rings. The monoisotopic (exact) mass is 224 g/mol. The molecule has 0 aromatic carbocycles. The van der Waals surface area contributed by atoms with Gasteiger partial charge in [0.2, 0.25) is 0 Å². The molecule has 0 saturated heterocycles. The fourth-order valence-corrected chi connectivity index (χ4v) is 0. The third-order valence-electron chi connectivity index (χ3n) is 0. The standard InChI is InChI=1S/H2O4S.2O.2Ti/c1-5(2,3)4;;;;/h(H2,1,2,3,4);;;;/q;2*-2;2*+4/p-2. The van der Waals surface area contributed by atoms with E-state index in [2.05, 4.69) is 0 Å². The Hall–Kier alpha value is 1.22. The molecule has 48 valence electrons. The van der Waals surface area contributed by atoms with Crippen LogP contribution in [0.15, 0.2) is 0 Å². The molecule has 0 radical (unpaired) electrons. The molecule has 0 aromatic rings. The summed E-state index contributed by atoms with van der Waals surface area (Å²) in [5.41, 5.74) is 0. The van der Waals surface area contributed by atoms with E-state index in [1.807, 2.05) is 0 Å². The van der Waals surface area contributed by atoms with Crippen molar-refractivity contribution < 1.29 is 71.9 Å². The first-order valence-corrected chi connectivity index (χ1v) is 2.00. The minimum atomic E-state index is -5.17. The molecule has 0 rings (SSSR count). The maximum Gasteiger partial charge on any atom is 4.00 e. The van der Waals surface area contributed by atoms with Crippen LogP contribution in [0.4, 0.5) is 0 Å². The summed E-state index contributed by atoms with van der Waals surface area (Å²) in [6, 6.07) is 0. The Labute approximate surface area is 82.0 Å². The molecule has 0 atom stereocenters. The van der Waals surface area contributed by atoms with E-state index in [0.29, 0.717) is 0 Å². The van der Waals surface area contributed by atoms with Gasteiger partial charge in [0.1, 0.15) is 0 Å². The minimum absolute atomic E-state index is 0. The zero-order chi connectivity index (χ0) is 4.50. The Balaban J connectivity index is -0.0000000133. The maximum atomic E-state index is 8.52. The fourth-order valence-electron chi connectivity index (χ4n) is 0. The molecule has 9 heteroatoms. The molecular weight excluding hydrogens is 224 g/mol. The van der Waals surface area contributed by atoms with Gasteiger partial charge in [-0.25, -0.2) is 0 Å². The van der Waals surface area contributed by atoms with Gasteiger partial charge in [-0.3, -0.25) is 8.42 Å². The van der Waals surface area contributed by atoms with Gasteiger partial charge in [-0.05, 0) is 0 Å². The summed E-state index contributed by atoms with van der Waals surface area (Å²) in [5, 5.41) is 0. The molecule has 0 spiro atoms. The molecular formula is O6STi2+2. The third kappa shape index (κ3) is 323. The van der Waals surface area contributed by atoms with Crippen LogP contribution in [0.25, 0.3) is 0 Å². The average Bonchev–Trinajstić information content (AvgIpc) is 0.722. The summed E-state index contributed by atoms with van der Waals surface area (Å²) in [6.45, 7) is 0. The van der Waals surface area contributed by atoms with E-state index in [-0.39, 0.29) is 54.4 Å². The average molecular weight is 224 g/mol. The Morgan fingerprint density at radius 2 is 0.889 bits per heavy atom. The quantitative estimate of drug-likeness (QED) is 0.278. The van der Waals surface area contributed by atoms with Crippen molar-refractivity contribution in [1.29, 1.82) is 0 Å². The van der Waals surface area contributed by atoms with Crippen LogP contribution >= 0.6 is 0 Å². The summed E-state index contributed by atoms with van der Waals surface area (Å²) in [4.78, 5) is 0. The van der Waals surface area contributed by atoms with Crippen molar-refractivity contribution >= 4 is 10.4 Å². The topological polar surface area (TPSA) is 137 Å². The van der Waals surface area contributed by atoms with Crippen molar-refractivity contribution in [1.82, 2.24) is 0 Å². The summed E-state index contributed by atoms with van der Waals surface area (Å²) in [7, 11) is -5.17. The maximum absolute atomic E-state index is 8.52. The molecule has 0 bridgehead atoms. The van der Waals surface area contributed by atoms with Gasteiger partial charge in [-0.1, -0.05) is 0 Å². The Morgan fingerprint density at radius 1 is 0.889 bits per heavy atom. The molecule has 6 nitrogen and oxygen atoms in total. The first-order chi connectivity index (χ1) is 2.00. The first-order valence-electron chi connectivity index (χ1n) is 0.667. The molecule has 0 aromatic heterocycles. The van der Waals surface area contributed by atoms with Crippen LogP contribution < -0.4 is 0 Å². The van der Waals surface area contributed by atoms with E-state index in [1.54, 1.807) is 0 Å². The summed E-state index contributed by atoms with van der Waals surface area (Å²) in [5.74, 6) is 0. The van der Waals surface area contributed by atoms with Crippen LogP contribution in [-0.4, -0.2) is 17.5 Å². The molecule has 9 heavy (non-hydrogen) atoms. The van der Waals surface area contributed by atoms with Crippen molar-refractivity contribution in [2.24, 2.45) is 0 Å². The van der Waals surface area contributed by atoms with Crippen LogP contribution in [0, 0.1) is 0 Å². The van der Waals surface area contributed by atoms with E-state index in [4.69, 9.17) is 17.5 Å². The number of hydrogen-bond donors (Lipinski definition) is 0. The summed E-state index contributed by atoms with van der Waals surface area (Å²) < 4.78 is 34.1. The molecule has 0 saturated carbocycles. The Kier molecular flexibility index (Phi) is 42.3. The van der Waals surface area contributed by atoms with Gasteiger partial charge in [-0.15, -0.1) is 0 Å². The SMILES string of the molecule is O=S(=O)([O-])[O-].[O-2].[O-2].[Ti+4].[Ti+4]. The zero-order valence-electron chi connectivity index (χ0n) is 3.86. The van der Waals surface area contributed by atoms with E-state index < -0.39 is 10.4 Å². The summed E-state index contributed by atoms with van der Waals surface area (Å²) >= 11 is 0. The first kappa shape index (κ1) is 31.9. The van der Waals surface area contributed by atoms with Gasteiger partial charge in [0.05, 0.1) is 0 Å². The molecule has 0 amide bonds. The second-order valence-electron chi connectivity index (χ2n) is 0.408. The van der Waals surface area contributed by atoms with Gasteiger partial charge in [0.15, 0.2) is 0 Å². The van der Waals surface area contributed by atoms with E-state index in [1.165, 1.54) is 0 Å². The molecule has 0 N–H and O–H groups in total. The van der Waals surface area contributed by atoms with E-state index in [0.717, 1.165) is 0 Å². The second-order valence-corrected chi connectivity index (χ2v) is 1.22. The zero-order valence-corrected chi connectivity index (χ0v) is 7.80. The van der Waals surface area contributed by atoms with Crippen LogP contribution in [0.1, 0.15) is 0 Å². The van der Waals surface area contributed by atoms with Gasteiger partial charge < -0.3 is 20.1 Å². The molecule has 0 aliphatic heterocycles. The van der Waals surface area contributed by atoms with Crippen LogP contribution in [0.3, 0.4) is 0 Å². The van der Waals surface area contributed by atoms with Crippen molar-refractivity contribution in [3.05, 3.63) is 0 Å². The molecule has 0 aliphatic carbocycles. The fraction of sp³-hybridized carbons (Fsp3) is 0. The van der Waals surface area contributed by atoms with Crippen LogP contribution in [0.2, 0.25) is 0 Å². The van der Waals surface area contributed by atoms with Gasteiger partial charge >= 0.3 is 43.4 Å². The number of rotatable bonds is 0. The van der Waals surface area contributed by atoms with Gasteiger partial charge in [0.25, 0.3) is 0 Å². The Bertz CT molecular complexity index is 94.2. The van der Waals surface area contributed by atoms with Crippen molar-refractivity contribution in [2.75, 3.05) is 0 Å².